The monoisotopic (exact) mass is 673 g/mol. The van der Waals surface area contributed by atoms with Crippen LogP contribution in [0, 0.1) is 5.92 Å². The van der Waals surface area contributed by atoms with E-state index >= 15 is 0 Å². The van der Waals surface area contributed by atoms with Gasteiger partial charge in [-0.1, -0.05) is 160 Å². The van der Waals surface area contributed by atoms with E-state index in [0.29, 0.717) is 12.8 Å². The minimum atomic E-state index is -0.861. The van der Waals surface area contributed by atoms with Crippen LogP contribution in [0.1, 0.15) is 175 Å². The van der Waals surface area contributed by atoms with Gasteiger partial charge < -0.3 is 14.6 Å². The number of aliphatic hydroxyl groups excluding tert-OH is 1. The third-order valence-corrected chi connectivity index (χ3v) is 8.28. The van der Waals surface area contributed by atoms with Crippen molar-refractivity contribution in [1.82, 2.24) is 0 Å². The minimum absolute atomic E-state index is 0.0491. The Morgan fingerprint density at radius 2 is 1.17 bits per heavy atom. The largest absolute Gasteiger partial charge is 0.462 e. The smallest absolute Gasteiger partial charge is 0.306 e. The van der Waals surface area contributed by atoms with Gasteiger partial charge in [0.05, 0.1) is 6.61 Å². The van der Waals surface area contributed by atoms with Crippen molar-refractivity contribution in [3.05, 3.63) is 48.6 Å². The lowest BCUT2D eigenvalue weighted by atomic mass is 10.0. The molecule has 0 aliphatic carbocycles. The maximum atomic E-state index is 12.2. The van der Waals surface area contributed by atoms with Gasteiger partial charge in [0.1, 0.15) is 6.61 Å². The molecule has 48 heavy (non-hydrogen) atoms. The zero-order chi connectivity index (χ0) is 35.3. The summed E-state index contributed by atoms with van der Waals surface area (Å²) in [4.78, 5) is 36.2. The highest BCUT2D eigenvalue weighted by Crippen LogP contribution is 2.15. The molecule has 0 aromatic rings. The zero-order valence-electron chi connectivity index (χ0n) is 31.1. The lowest BCUT2D eigenvalue weighted by Crippen LogP contribution is -2.28. The number of rotatable bonds is 34. The van der Waals surface area contributed by atoms with Gasteiger partial charge in [-0.3, -0.25) is 14.4 Å². The number of ether oxygens (including phenoxy) is 2. The molecule has 0 aromatic carbocycles. The summed E-state index contributed by atoms with van der Waals surface area (Å²) in [5, 5.41) is 9.53. The Morgan fingerprint density at radius 1 is 0.604 bits per heavy atom. The van der Waals surface area contributed by atoms with Crippen molar-refractivity contribution >= 4 is 17.7 Å². The molecule has 0 unspecified atom stereocenters. The van der Waals surface area contributed by atoms with Crippen LogP contribution in [-0.2, 0) is 23.9 Å². The lowest BCUT2D eigenvalue weighted by molar-refractivity contribution is -0.161. The van der Waals surface area contributed by atoms with E-state index in [0.717, 1.165) is 44.4 Å². The van der Waals surface area contributed by atoms with E-state index in [-0.39, 0.29) is 31.2 Å². The molecule has 0 aromatic heterocycles. The van der Waals surface area contributed by atoms with Gasteiger partial charge in [-0.05, 0) is 50.5 Å². The van der Waals surface area contributed by atoms with Crippen LogP contribution in [0.25, 0.3) is 0 Å². The highest BCUT2D eigenvalue weighted by Gasteiger charge is 2.16. The minimum Gasteiger partial charge on any atom is -0.462 e. The number of hydrogen-bond donors (Lipinski definition) is 1. The zero-order valence-corrected chi connectivity index (χ0v) is 31.1. The molecule has 0 heterocycles. The highest BCUT2D eigenvalue weighted by atomic mass is 16.6. The van der Waals surface area contributed by atoms with Gasteiger partial charge in [0.2, 0.25) is 0 Å². The molecule has 6 nitrogen and oxygen atoms in total. The van der Waals surface area contributed by atoms with Crippen LogP contribution in [-0.4, -0.2) is 42.1 Å². The topological polar surface area (TPSA) is 89.9 Å². The van der Waals surface area contributed by atoms with Crippen LogP contribution in [0.15, 0.2) is 48.6 Å². The molecule has 0 aliphatic rings. The van der Waals surface area contributed by atoms with Gasteiger partial charge >= 0.3 is 11.9 Å². The van der Waals surface area contributed by atoms with E-state index in [1.165, 1.54) is 96.0 Å². The Kier molecular flexibility index (Phi) is 34.0. The second-order valence-electron chi connectivity index (χ2n) is 13.5. The summed E-state index contributed by atoms with van der Waals surface area (Å²) in [5.41, 5.74) is 0. The Morgan fingerprint density at radius 3 is 1.77 bits per heavy atom. The van der Waals surface area contributed by atoms with Gasteiger partial charge in [0, 0.05) is 19.3 Å². The molecule has 276 valence electrons. The SMILES string of the molecule is CCCCC/C=C\C/C=C\C/C=C\C=C\C(=O)CCCC(=O)OC[C@H](CO)OC(=O)CCCCCCCCCCCCCCCC(C)C. The molecule has 1 atom stereocenters. The Bertz CT molecular complexity index is 885. The Labute approximate surface area is 294 Å². The average Bonchev–Trinajstić information content (AvgIpc) is 3.06. The summed E-state index contributed by atoms with van der Waals surface area (Å²) in [6, 6.07) is 0. The van der Waals surface area contributed by atoms with E-state index in [4.69, 9.17) is 9.47 Å². The molecule has 0 spiro atoms. The number of ketones is 1. The second-order valence-corrected chi connectivity index (χ2v) is 13.5. The fraction of sp³-hybridized carbons (Fsp3) is 0.738. The van der Waals surface area contributed by atoms with Gasteiger partial charge in [-0.2, -0.15) is 0 Å². The maximum Gasteiger partial charge on any atom is 0.306 e. The number of esters is 2. The molecule has 6 heteroatoms. The van der Waals surface area contributed by atoms with Crippen molar-refractivity contribution in [3.8, 4) is 0 Å². The van der Waals surface area contributed by atoms with Crippen LogP contribution in [0.3, 0.4) is 0 Å². The summed E-state index contributed by atoms with van der Waals surface area (Å²) in [5.74, 6) is -0.0600. The van der Waals surface area contributed by atoms with Crippen molar-refractivity contribution in [1.29, 1.82) is 0 Å². The van der Waals surface area contributed by atoms with Gasteiger partial charge in [0.25, 0.3) is 0 Å². The van der Waals surface area contributed by atoms with Crippen molar-refractivity contribution in [2.24, 2.45) is 5.92 Å². The fourth-order valence-corrected chi connectivity index (χ4v) is 5.28. The van der Waals surface area contributed by atoms with Crippen molar-refractivity contribution in [2.45, 2.75) is 181 Å². The molecule has 0 saturated heterocycles. The number of unbranched alkanes of at least 4 members (excludes halogenated alkanes) is 15. The first-order valence-electron chi connectivity index (χ1n) is 19.5. The van der Waals surface area contributed by atoms with Crippen molar-refractivity contribution < 1.29 is 29.0 Å². The quantitative estimate of drug-likeness (QED) is 0.0240. The van der Waals surface area contributed by atoms with E-state index in [9.17, 15) is 19.5 Å². The standard InChI is InChI=1S/C42H72O6/c1-4-5-6-7-8-9-10-12-16-19-22-25-28-32-39(44)33-30-35-41(45)47-37-40(36-43)48-42(46)34-29-26-23-20-17-14-11-13-15-18-21-24-27-31-38(2)3/h8-9,12,16,22,25,28,32,38,40,43H,4-7,10-11,13-15,17-21,23-24,26-27,29-31,33-37H2,1-3H3/b9-8-,16-12-,25-22-,32-28+/t40-/m0/s1. The van der Waals surface area contributed by atoms with E-state index in [2.05, 4.69) is 45.1 Å². The van der Waals surface area contributed by atoms with Crippen LogP contribution in [0.2, 0.25) is 0 Å². The third kappa shape index (κ3) is 34.9. The summed E-state index contributed by atoms with van der Waals surface area (Å²) < 4.78 is 10.5. The van der Waals surface area contributed by atoms with Crippen LogP contribution < -0.4 is 0 Å². The number of hydrogen-bond acceptors (Lipinski definition) is 6. The molecule has 0 amide bonds. The van der Waals surface area contributed by atoms with Crippen molar-refractivity contribution in [3.63, 3.8) is 0 Å². The summed E-state index contributed by atoms with van der Waals surface area (Å²) >= 11 is 0. The van der Waals surface area contributed by atoms with Crippen molar-refractivity contribution in [2.75, 3.05) is 13.2 Å². The maximum absolute atomic E-state index is 12.2. The van der Waals surface area contributed by atoms with Gasteiger partial charge in [-0.15, -0.1) is 0 Å². The van der Waals surface area contributed by atoms with Crippen LogP contribution >= 0.6 is 0 Å². The second kappa shape index (κ2) is 35.8. The molecule has 0 aliphatic heterocycles. The summed E-state index contributed by atoms with van der Waals surface area (Å²) in [7, 11) is 0. The number of aliphatic hydroxyl groups is 1. The molecule has 0 saturated carbocycles. The highest BCUT2D eigenvalue weighted by molar-refractivity contribution is 5.90. The van der Waals surface area contributed by atoms with Gasteiger partial charge in [0.15, 0.2) is 11.9 Å². The number of allylic oxidation sites excluding steroid dienone is 8. The Hall–Kier alpha value is -2.47. The summed E-state index contributed by atoms with van der Waals surface area (Å²) in [6.07, 6.45) is 40.3. The molecular weight excluding hydrogens is 600 g/mol. The predicted octanol–water partition coefficient (Wildman–Crippen LogP) is 11.3. The van der Waals surface area contributed by atoms with Crippen LogP contribution in [0.5, 0.6) is 0 Å². The number of carbonyl (C=O) groups is 3. The average molecular weight is 673 g/mol. The summed E-state index contributed by atoms with van der Waals surface area (Å²) in [6.45, 7) is 6.24. The molecule has 0 radical (unpaired) electrons. The van der Waals surface area contributed by atoms with E-state index in [1.54, 1.807) is 6.08 Å². The van der Waals surface area contributed by atoms with E-state index < -0.39 is 18.7 Å². The number of carbonyl (C=O) groups excluding carboxylic acids is 3. The Balaban J connectivity index is 3.76. The molecule has 0 bridgehead atoms. The molecular formula is C42H72O6. The third-order valence-electron chi connectivity index (χ3n) is 8.28. The first-order chi connectivity index (χ1) is 23.4. The first kappa shape index (κ1) is 45.5. The van der Waals surface area contributed by atoms with Gasteiger partial charge in [-0.25, -0.2) is 0 Å². The molecule has 0 rings (SSSR count). The van der Waals surface area contributed by atoms with Crippen LogP contribution in [0.4, 0.5) is 0 Å². The fourth-order valence-electron chi connectivity index (χ4n) is 5.28. The normalized spacial score (nSPS) is 12.7. The molecule has 0 fully saturated rings. The predicted molar refractivity (Wildman–Crippen MR) is 201 cm³/mol. The molecule has 1 N–H and O–H groups in total. The van der Waals surface area contributed by atoms with E-state index in [1.807, 2.05) is 12.2 Å². The lowest BCUT2D eigenvalue weighted by Gasteiger charge is -2.15. The first-order valence-corrected chi connectivity index (χ1v) is 19.5.